The van der Waals surface area contributed by atoms with Crippen LogP contribution in [0, 0.1) is 13.8 Å². The predicted octanol–water partition coefficient (Wildman–Crippen LogP) is 5.28. The van der Waals surface area contributed by atoms with E-state index in [-0.39, 0.29) is 12.7 Å². The molecule has 3 heterocycles. The summed E-state index contributed by atoms with van der Waals surface area (Å²) >= 11 is 1.52. The SMILES string of the molecule is Cc1cc(C)c2nc(N(Cc3cccnc3)C(=O)/C=C/c3ccc4c(c3)OCO4)sc2c1. The number of benzene rings is 2. The summed E-state index contributed by atoms with van der Waals surface area (Å²) in [6, 6.07) is 13.6. The van der Waals surface area contributed by atoms with Crippen LogP contribution in [0.3, 0.4) is 0 Å². The van der Waals surface area contributed by atoms with E-state index in [9.17, 15) is 4.79 Å². The molecule has 32 heavy (non-hydrogen) atoms. The molecule has 0 radical (unpaired) electrons. The lowest BCUT2D eigenvalue weighted by molar-refractivity contribution is -0.114. The Hall–Kier alpha value is -3.71. The normalized spacial score (nSPS) is 12.6. The number of rotatable bonds is 5. The van der Waals surface area contributed by atoms with E-state index in [2.05, 4.69) is 24.0 Å². The van der Waals surface area contributed by atoms with E-state index in [4.69, 9.17) is 14.5 Å². The van der Waals surface area contributed by atoms with Crippen LogP contribution >= 0.6 is 11.3 Å². The Morgan fingerprint density at radius 2 is 2.03 bits per heavy atom. The van der Waals surface area contributed by atoms with Crippen LogP contribution in [-0.2, 0) is 11.3 Å². The highest BCUT2D eigenvalue weighted by atomic mass is 32.1. The zero-order valence-corrected chi connectivity index (χ0v) is 18.6. The molecule has 4 aromatic rings. The van der Waals surface area contributed by atoms with E-state index in [1.165, 1.54) is 16.9 Å². The first-order chi connectivity index (χ1) is 15.6. The van der Waals surface area contributed by atoms with Gasteiger partial charge in [-0.3, -0.25) is 14.7 Å². The molecule has 160 valence electrons. The number of anilines is 1. The van der Waals surface area contributed by atoms with Crippen LogP contribution in [0.25, 0.3) is 16.3 Å². The van der Waals surface area contributed by atoms with E-state index in [1.54, 1.807) is 29.4 Å². The third-order valence-corrected chi connectivity index (χ3v) is 6.22. The highest BCUT2D eigenvalue weighted by Crippen LogP contribution is 2.34. The standard InChI is InChI=1S/C25H21N3O3S/c1-16-10-17(2)24-22(11-16)32-25(27-24)28(14-19-4-3-9-26-13-19)23(29)8-6-18-5-7-20-21(12-18)31-15-30-20/h3-13H,14-15H2,1-2H3/b8-6+. The Kier molecular flexibility index (Phi) is 5.33. The summed E-state index contributed by atoms with van der Waals surface area (Å²) in [4.78, 5) is 24.0. The molecule has 5 rings (SSSR count). The maximum atomic E-state index is 13.3. The largest absolute Gasteiger partial charge is 0.454 e. The number of fused-ring (bicyclic) bond motifs is 2. The van der Waals surface area contributed by atoms with Crippen molar-refractivity contribution in [1.29, 1.82) is 0 Å². The third kappa shape index (κ3) is 4.07. The molecule has 2 aromatic heterocycles. The molecule has 7 heteroatoms. The summed E-state index contributed by atoms with van der Waals surface area (Å²) in [5.74, 6) is 1.25. The monoisotopic (exact) mass is 443 g/mol. The highest BCUT2D eigenvalue weighted by Gasteiger charge is 2.20. The second kappa shape index (κ2) is 8.43. The number of thiazole rings is 1. The quantitative estimate of drug-likeness (QED) is 0.393. The molecule has 0 bridgehead atoms. The lowest BCUT2D eigenvalue weighted by atomic mass is 10.1. The third-order valence-electron chi connectivity index (χ3n) is 5.19. The summed E-state index contributed by atoms with van der Waals surface area (Å²) < 4.78 is 11.9. The fourth-order valence-corrected chi connectivity index (χ4v) is 4.81. The van der Waals surface area contributed by atoms with Crippen molar-refractivity contribution in [3.63, 3.8) is 0 Å². The average molecular weight is 444 g/mol. The fraction of sp³-hybridized carbons (Fsp3) is 0.160. The van der Waals surface area contributed by atoms with Gasteiger partial charge in [-0.2, -0.15) is 0 Å². The number of hydrogen-bond acceptors (Lipinski definition) is 6. The number of hydrogen-bond donors (Lipinski definition) is 0. The number of amides is 1. The lowest BCUT2D eigenvalue weighted by Crippen LogP contribution is -2.28. The molecule has 0 spiro atoms. The second-order valence-corrected chi connectivity index (χ2v) is 8.67. The van der Waals surface area contributed by atoms with Gasteiger partial charge in [-0.15, -0.1) is 0 Å². The smallest absolute Gasteiger partial charge is 0.253 e. The van der Waals surface area contributed by atoms with Gasteiger partial charge in [0.25, 0.3) is 5.91 Å². The topological polar surface area (TPSA) is 64.6 Å². The minimum Gasteiger partial charge on any atom is -0.454 e. The number of carbonyl (C=O) groups is 1. The van der Waals surface area contributed by atoms with Gasteiger partial charge in [-0.05, 0) is 66.4 Å². The maximum absolute atomic E-state index is 13.3. The molecular weight excluding hydrogens is 422 g/mol. The Bertz CT molecular complexity index is 1330. The molecule has 0 saturated heterocycles. The van der Waals surface area contributed by atoms with Gasteiger partial charge in [0.05, 0.1) is 16.8 Å². The van der Waals surface area contributed by atoms with Crippen molar-refractivity contribution < 1.29 is 14.3 Å². The van der Waals surface area contributed by atoms with Gasteiger partial charge in [0, 0.05) is 18.5 Å². The van der Waals surface area contributed by atoms with Gasteiger partial charge >= 0.3 is 0 Å². The predicted molar refractivity (Wildman–Crippen MR) is 126 cm³/mol. The Morgan fingerprint density at radius 3 is 2.88 bits per heavy atom. The van der Waals surface area contributed by atoms with Gasteiger partial charge in [-0.25, -0.2) is 4.98 Å². The summed E-state index contributed by atoms with van der Waals surface area (Å²) in [5, 5.41) is 0.665. The average Bonchev–Trinajstić information content (AvgIpc) is 3.43. The molecule has 0 unspecified atom stereocenters. The van der Waals surface area contributed by atoms with Crippen LogP contribution in [-0.4, -0.2) is 22.7 Å². The van der Waals surface area contributed by atoms with Crippen molar-refractivity contribution in [3.05, 3.63) is 83.2 Å². The minimum atomic E-state index is -0.153. The van der Waals surface area contributed by atoms with Crippen LogP contribution in [0.15, 0.2) is 60.9 Å². The molecule has 1 aliphatic heterocycles. The van der Waals surface area contributed by atoms with Crippen molar-refractivity contribution in [2.45, 2.75) is 20.4 Å². The summed E-state index contributed by atoms with van der Waals surface area (Å²) in [6.45, 7) is 4.72. The molecule has 0 atom stereocenters. The number of pyridine rings is 1. The Morgan fingerprint density at radius 1 is 1.16 bits per heavy atom. The molecule has 0 N–H and O–H groups in total. The van der Waals surface area contributed by atoms with Crippen LogP contribution in [0.1, 0.15) is 22.3 Å². The lowest BCUT2D eigenvalue weighted by Gasteiger charge is -2.18. The zero-order valence-electron chi connectivity index (χ0n) is 17.7. The number of carbonyl (C=O) groups excluding carboxylic acids is 1. The van der Waals surface area contributed by atoms with Gasteiger partial charge in [0.2, 0.25) is 6.79 Å². The number of aryl methyl sites for hydroxylation is 2. The number of ether oxygens (including phenoxy) is 2. The molecule has 0 saturated carbocycles. The number of aromatic nitrogens is 2. The van der Waals surface area contributed by atoms with E-state index in [0.29, 0.717) is 23.2 Å². The zero-order chi connectivity index (χ0) is 22.1. The fourth-order valence-electron chi connectivity index (χ4n) is 3.66. The molecule has 0 fully saturated rings. The minimum absolute atomic E-state index is 0.153. The van der Waals surface area contributed by atoms with Gasteiger partial charge in [-0.1, -0.05) is 29.5 Å². The molecule has 2 aromatic carbocycles. The van der Waals surface area contributed by atoms with E-state index >= 15 is 0 Å². The van der Waals surface area contributed by atoms with E-state index in [1.807, 2.05) is 37.3 Å². The molecule has 0 aliphatic carbocycles. The van der Waals surface area contributed by atoms with Crippen molar-refractivity contribution in [1.82, 2.24) is 9.97 Å². The summed E-state index contributed by atoms with van der Waals surface area (Å²) in [5.41, 5.74) is 5.01. The van der Waals surface area contributed by atoms with Crippen LogP contribution in [0.4, 0.5) is 5.13 Å². The first-order valence-corrected chi connectivity index (χ1v) is 11.0. The first-order valence-electron chi connectivity index (χ1n) is 10.2. The van der Waals surface area contributed by atoms with Crippen LogP contribution < -0.4 is 14.4 Å². The van der Waals surface area contributed by atoms with Crippen molar-refractivity contribution in [2.24, 2.45) is 0 Å². The van der Waals surface area contributed by atoms with Crippen molar-refractivity contribution in [2.75, 3.05) is 11.7 Å². The van der Waals surface area contributed by atoms with E-state index < -0.39 is 0 Å². The Labute approximate surface area is 189 Å². The van der Waals surface area contributed by atoms with Crippen molar-refractivity contribution in [3.8, 4) is 11.5 Å². The molecule has 1 aliphatic rings. The second-order valence-electron chi connectivity index (χ2n) is 7.66. The highest BCUT2D eigenvalue weighted by molar-refractivity contribution is 7.22. The van der Waals surface area contributed by atoms with Gasteiger partial charge in [0.1, 0.15) is 0 Å². The van der Waals surface area contributed by atoms with E-state index in [0.717, 1.165) is 26.9 Å². The van der Waals surface area contributed by atoms with Crippen molar-refractivity contribution >= 4 is 38.7 Å². The molecule has 1 amide bonds. The maximum Gasteiger partial charge on any atom is 0.253 e. The molecular formula is C25H21N3O3S. The van der Waals surface area contributed by atoms with Gasteiger partial charge in [0.15, 0.2) is 16.6 Å². The molecule has 6 nitrogen and oxygen atoms in total. The Balaban J connectivity index is 1.48. The van der Waals surface area contributed by atoms with Crippen LogP contribution in [0.5, 0.6) is 11.5 Å². The first kappa shape index (κ1) is 20.2. The number of nitrogens with zero attached hydrogens (tertiary/aromatic N) is 3. The summed E-state index contributed by atoms with van der Waals surface area (Å²) in [6.07, 6.45) is 6.84. The summed E-state index contributed by atoms with van der Waals surface area (Å²) in [7, 11) is 0. The van der Waals surface area contributed by atoms with Gasteiger partial charge < -0.3 is 9.47 Å². The van der Waals surface area contributed by atoms with Crippen LogP contribution in [0.2, 0.25) is 0 Å².